The molecule has 10 heteroatoms. The average Bonchev–Trinajstić information content (AvgIpc) is 3.15. The number of rotatable bonds is 2. The zero-order valence-corrected chi connectivity index (χ0v) is 11.8. The van der Waals surface area contributed by atoms with E-state index in [0.29, 0.717) is 19.4 Å². The van der Waals surface area contributed by atoms with Crippen molar-refractivity contribution in [2.45, 2.75) is 24.9 Å². The predicted molar refractivity (Wildman–Crippen MR) is 70.3 cm³/mol. The number of furan rings is 1. The second kappa shape index (κ2) is 5.60. The van der Waals surface area contributed by atoms with Crippen LogP contribution in [-0.2, 0) is 6.18 Å². The van der Waals surface area contributed by atoms with Crippen LogP contribution in [-0.4, -0.2) is 34.1 Å². The molecule has 1 unspecified atom stereocenters. The molecule has 1 fully saturated rings. The summed E-state index contributed by atoms with van der Waals surface area (Å²) in [5.41, 5.74) is 4.87. The van der Waals surface area contributed by atoms with Gasteiger partial charge in [-0.2, -0.15) is 13.2 Å². The Labute approximate surface area is 128 Å². The van der Waals surface area contributed by atoms with Crippen molar-refractivity contribution in [2.24, 2.45) is 0 Å². The summed E-state index contributed by atoms with van der Waals surface area (Å²) in [5.74, 6) is -1.99. The monoisotopic (exact) mass is 330 g/mol. The third kappa shape index (κ3) is 3.01. The molecule has 7 nitrogen and oxygen atoms in total. The van der Waals surface area contributed by atoms with Crippen molar-refractivity contribution in [2.75, 3.05) is 18.8 Å². The molecule has 0 bridgehead atoms. The smallest absolute Gasteiger partial charge is 0.450 e. The van der Waals surface area contributed by atoms with Crippen LogP contribution in [0.15, 0.2) is 21.2 Å². The first-order chi connectivity index (χ1) is 10.9. The van der Waals surface area contributed by atoms with Crippen LogP contribution in [0.5, 0.6) is 0 Å². The number of anilines is 1. The number of alkyl halides is 3. The Morgan fingerprint density at radius 2 is 2.17 bits per heavy atom. The van der Waals surface area contributed by atoms with E-state index in [4.69, 9.17) is 10.2 Å². The molecule has 0 spiro atoms. The standard InChI is InChI=1S/C13H13F3N4O3/c14-13(15,16)9-8(3-5-22-9)11(21)20-4-1-2-7(6-20)10-18-19-12(17)23-10/h3,5,7H,1-2,4,6H2,(H2,17,19). The number of likely N-dealkylation sites (tertiary alicyclic amines) is 1. The first-order valence-corrected chi connectivity index (χ1v) is 6.89. The number of hydrogen-bond acceptors (Lipinski definition) is 6. The fraction of sp³-hybridized carbons (Fsp3) is 0.462. The maximum Gasteiger partial charge on any atom is 0.450 e. The topological polar surface area (TPSA) is 98.4 Å². The van der Waals surface area contributed by atoms with Gasteiger partial charge in [-0.3, -0.25) is 4.79 Å². The number of aromatic nitrogens is 2. The number of carbonyl (C=O) groups is 1. The second-order valence-electron chi connectivity index (χ2n) is 5.23. The molecule has 1 aliphatic heterocycles. The fourth-order valence-electron chi connectivity index (χ4n) is 2.64. The number of piperidine rings is 1. The van der Waals surface area contributed by atoms with Gasteiger partial charge in [-0.25, -0.2) is 0 Å². The molecule has 0 aromatic carbocycles. The van der Waals surface area contributed by atoms with Crippen LogP contribution in [0, 0.1) is 0 Å². The van der Waals surface area contributed by atoms with Crippen LogP contribution in [0.25, 0.3) is 0 Å². The zero-order chi connectivity index (χ0) is 16.6. The Bertz CT molecular complexity index is 709. The third-order valence-corrected chi connectivity index (χ3v) is 3.67. The van der Waals surface area contributed by atoms with Crippen LogP contribution in [0.3, 0.4) is 0 Å². The Morgan fingerprint density at radius 3 is 2.83 bits per heavy atom. The average molecular weight is 330 g/mol. The quantitative estimate of drug-likeness (QED) is 0.907. The highest BCUT2D eigenvalue weighted by Gasteiger charge is 2.41. The van der Waals surface area contributed by atoms with Crippen molar-refractivity contribution in [1.82, 2.24) is 15.1 Å². The van der Waals surface area contributed by atoms with Crippen molar-refractivity contribution in [3.05, 3.63) is 29.5 Å². The molecular formula is C13H13F3N4O3. The van der Waals surface area contributed by atoms with E-state index in [9.17, 15) is 18.0 Å². The highest BCUT2D eigenvalue weighted by atomic mass is 19.4. The summed E-state index contributed by atoms with van der Waals surface area (Å²) < 4.78 is 48.1. The SMILES string of the molecule is Nc1nnc(C2CCCN(C(=O)c3ccoc3C(F)(F)F)C2)o1. The van der Waals surface area contributed by atoms with Crippen molar-refractivity contribution < 1.29 is 26.8 Å². The van der Waals surface area contributed by atoms with Crippen LogP contribution in [0.4, 0.5) is 19.2 Å². The van der Waals surface area contributed by atoms with Crippen molar-refractivity contribution in [3.63, 3.8) is 0 Å². The van der Waals surface area contributed by atoms with Gasteiger partial charge in [0.2, 0.25) is 11.7 Å². The molecule has 1 aliphatic rings. The van der Waals surface area contributed by atoms with E-state index in [1.807, 2.05) is 0 Å². The van der Waals surface area contributed by atoms with Gasteiger partial charge in [-0.05, 0) is 18.9 Å². The molecule has 3 rings (SSSR count). The van der Waals surface area contributed by atoms with E-state index in [2.05, 4.69) is 14.6 Å². The van der Waals surface area contributed by atoms with Crippen LogP contribution in [0.1, 0.15) is 40.8 Å². The van der Waals surface area contributed by atoms with Gasteiger partial charge in [0.05, 0.1) is 17.7 Å². The summed E-state index contributed by atoms with van der Waals surface area (Å²) in [7, 11) is 0. The lowest BCUT2D eigenvalue weighted by Crippen LogP contribution is -2.39. The Balaban J connectivity index is 1.79. The number of nitrogens with two attached hydrogens (primary N) is 1. The number of nitrogens with zero attached hydrogens (tertiary/aromatic N) is 3. The maximum absolute atomic E-state index is 12.8. The fourth-order valence-corrected chi connectivity index (χ4v) is 2.64. The van der Waals surface area contributed by atoms with E-state index in [-0.39, 0.29) is 24.4 Å². The molecule has 1 saturated heterocycles. The molecule has 2 N–H and O–H groups in total. The minimum Gasteiger partial charge on any atom is -0.459 e. The van der Waals surface area contributed by atoms with E-state index in [0.717, 1.165) is 12.3 Å². The van der Waals surface area contributed by atoms with E-state index in [1.54, 1.807) is 0 Å². The first-order valence-electron chi connectivity index (χ1n) is 6.89. The van der Waals surface area contributed by atoms with Crippen LogP contribution < -0.4 is 5.73 Å². The molecule has 23 heavy (non-hydrogen) atoms. The summed E-state index contributed by atoms with van der Waals surface area (Å²) in [6, 6.07) is 0.942. The molecule has 1 atom stereocenters. The predicted octanol–water partition coefficient (Wildman–Crippen LogP) is 2.28. The number of nitrogen functional groups attached to an aromatic ring is 1. The Morgan fingerprint density at radius 1 is 1.39 bits per heavy atom. The lowest BCUT2D eigenvalue weighted by molar-refractivity contribution is -0.153. The Hall–Kier alpha value is -2.52. The largest absolute Gasteiger partial charge is 0.459 e. The van der Waals surface area contributed by atoms with Gasteiger partial charge in [0, 0.05) is 13.1 Å². The van der Waals surface area contributed by atoms with Crippen LogP contribution in [0.2, 0.25) is 0 Å². The normalized spacial score (nSPS) is 19.1. The number of hydrogen-bond donors (Lipinski definition) is 1. The van der Waals surface area contributed by atoms with Gasteiger partial charge < -0.3 is 19.5 Å². The van der Waals surface area contributed by atoms with Gasteiger partial charge in [-0.15, -0.1) is 5.10 Å². The highest BCUT2D eigenvalue weighted by Crippen LogP contribution is 2.34. The van der Waals surface area contributed by atoms with E-state index >= 15 is 0 Å². The van der Waals surface area contributed by atoms with Crippen LogP contribution >= 0.6 is 0 Å². The molecule has 2 aromatic rings. The molecule has 2 aromatic heterocycles. The van der Waals surface area contributed by atoms with Crippen molar-refractivity contribution in [3.8, 4) is 0 Å². The third-order valence-electron chi connectivity index (χ3n) is 3.67. The molecular weight excluding hydrogens is 317 g/mol. The molecule has 0 saturated carbocycles. The molecule has 124 valence electrons. The molecule has 1 amide bonds. The lowest BCUT2D eigenvalue weighted by Gasteiger charge is -2.31. The lowest BCUT2D eigenvalue weighted by atomic mass is 9.97. The van der Waals surface area contributed by atoms with Gasteiger partial charge >= 0.3 is 12.2 Å². The van der Waals surface area contributed by atoms with Crippen molar-refractivity contribution >= 4 is 11.9 Å². The van der Waals surface area contributed by atoms with E-state index in [1.165, 1.54) is 4.90 Å². The van der Waals surface area contributed by atoms with Gasteiger partial charge in [0.25, 0.3) is 5.91 Å². The summed E-state index contributed by atoms with van der Waals surface area (Å²) in [6.07, 6.45) is -2.57. The highest BCUT2D eigenvalue weighted by molar-refractivity contribution is 5.95. The summed E-state index contributed by atoms with van der Waals surface area (Å²) in [4.78, 5) is 13.7. The van der Waals surface area contributed by atoms with Gasteiger partial charge in [0.15, 0.2) is 0 Å². The number of halogens is 3. The Kier molecular flexibility index (Phi) is 3.74. The molecule has 3 heterocycles. The van der Waals surface area contributed by atoms with Gasteiger partial charge in [-0.1, -0.05) is 5.10 Å². The zero-order valence-electron chi connectivity index (χ0n) is 11.8. The first kappa shape index (κ1) is 15.4. The second-order valence-corrected chi connectivity index (χ2v) is 5.23. The summed E-state index contributed by atoms with van der Waals surface area (Å²) >= 11 is 0. The number of carbonyl (C=O) groups excluding carboxylic acids is 1. The molecule has 0 aliphatic carbocycles. The van der Waals surface area contributed by atoms with Crippen molar-refractivity contribution in [1.29, 1.82) is 0 Å². The van der Waals surface area contributed by atoms with E-state index < -0.39 is 23.4 Å². The maximum atomic E-state index is 12.8. The summed E-state index contributed by atoms with van der Waals surface area (Å²) in [6.45, 7) is 0.532. The summed E-state index contributed by atoms with van der Waals surface area (Å²) in [5, 5.41) is 7.33. The number of amides is 1. The molecule has 0 radical (unpaired) electrons. The minimum atomic E-state index is -4.72. The minimum absolute atomic E-state index is 0.0855. The van der Waals surface area contributed by atoms with Gasteiger partial charge in [0.1, 0.15) is 0 Å².